The summed E-state index contributed by atoms with van der Waals surface area (Å²) in [6.45, 7) is 2.25. The van der Waals surface area contributed by atoms with Gasteiger partial charge in [-0.1, -0.05) is 19.8 Å². The van der Waals surface area contributed by atoms with Gasteiger partial charge in [0.15, 0.2) is 0 Å². The summed E-state index contributed by atoms with van der Waals surface area (Å²) >= 11 is 0. The second kappa shape index (κ2) is 9.18. The molecule has 0 aliphatic carbocycles. The van der Waals surface area contributed by atoms with Gasteiger partial charge >= 0.3 is 18.9 Å². The molecule has 0 fully saturated rings. The molecule has 0 amide bonds. The molecule has 0 atom stereocenters. The van der Waals surface area contributed by atoms with Gasteiger partial charge in [-0.05, 0) is 7.85 Å². The molecule has 0 saturated carbocycles. The van der Waals surface area contributed by atoms with Gasteiger partial charge in [-0.15, -0.1) is 0 Å². The molecule has 0 aromatic rings. The van der Waals surface area contributed by atoms with Crippen molar-refractivity contribution in [2.24, 2.45) is 0 Å². The zero-order valence-corrected chi connectivity index (χ0v) is 4.12. The molecule has 0 aromatic carbocycles. The molecule has 0 spiro atoms. The Morgan fingerprint density at radius 2 is 2.00 bits per heavy atom. The Morgan fingerprint density at radius 3 is 2.00 bits per heavy atom. The largest absolute Gasteiger partial charge is 1.00 e. The topological polar surface area (TPSA) is 0 Å². The van der Waals surface area contributed by atoms with E-state index in [1.165, 1.54) is 12.8 Å². The Bertz CT molecular complexity index is 15.0. The molecule has 0 aromatic heterocycles. The van der Waals surface area contributed by atoms with Crippen LogP contribution >= 0.6 is 0 Å². The van der Waals surface area contributed by atoms with Crippen LogP contribution in [0.1, 0.15) is 19.8 Å². The second-order valence-corrected chi connectivity index (χ2v) is 0.854. The van der Waals surface area contributed by atoms with E-state index in [-0.39, 0.29) is 18.9 Å². The second-order valence-electron chi connectivity index (χ2n) is 0.854. The molecule has 2 heteroatoms. The summed E-state index contributed by atoms with van der Waals surface area (Å²) in [6, 6.07) is 0. The van der Waals surface area contributed by atoms with E-state index in [0.717, 1.165) is 7.85 Å². The van der Waals surface area contributed by atoms with Crippen LogP contribution in [0.4, 0.5) is 0 Å². The van der Waals surface area contributed by atoms with Gasteiger partial charge in [0.05, 0.1) is 0 Å². The normalized spacial score (nSPS) is 7.00. The van der Waals surface area contributed by atoms with Crippen LogP contribution in [0.5, 0.6) is 0 Å². The summed E-state index contributed by atoms with van der Waals surface area (Å²) in [7, 11) is 0.748. The average molecular weight is 77.9 g/mol. The summed E-state index contributed by atoms with van der Waals surface area (Å²) < 4.78 is 0. The van der Waals surface area contributed by atoms with Crippen LogP contribution in [-0.4, -0.2) is 7.85 Å². The molecule has 0 radical (unpaired) electrons. The predicted molar refractivity (Wildman–Crippen MR) is 29.7 cm³/mol. The van der Waals surface area contributed by atoms with E-state index in [1.54, 1.807) is 6.32 Å². The molecule has 0 saturated heterocycles. The monoisotopic (exact) mass is 78.1 g/mol. The molecular formula is C4H12BLi. The van der Waals surface area contributed by atoms with E-state index in [1.807, 2.05) is 0 Å². The van der Waals surface area contributed by atoms with Crippen molar-refractivity contribution in [1.82, 2.24) is 0 Å². The zero-order valence-electron chi connectivity index (χ0n) is 4.12. The molecule has 6 heavy (non-hydrogen) atoms. The van der Waals surface area contributed by atoms with Crippen molar-refractivity contribution in [3.8, 4) is 0 Å². The van der Waals surface area contributed by atoms with Gasteiger partial charge in [-0.2, -0.15) is 6.32 Å². The van der Waals surface area contributed by atoms with Crippen molar-refractivity contribution in [3.63, 3.8) is 0 Å². The molecule has 0 heterocycles. The maximum Gasteiger partial charge on any atom is 1.00 e. The smallest absolute Gasteiger partial charge is 0.187 e. The van der Waals surface area contributed by atoms with Crippen molar-refractivity contribution in [2.45, 2.75) is 26.1 Å². The molecule has 0 aliphatic rings. The third-order valence-corrected chi connectivity index (χ3v) is 0.354. The maximum atomic E-state index is 2.25. The van der Waals surface area contributed by atoms with Crippen molar-refractivity contribution in [2.75, 3.05) is 0 Å². The van der Waals surface area contributed by atoms with E-state index in [9.17, 15) is 0 Å². The van der Waals surface area contributed by atoms with E-state index in [4.69, 9.17) is 0 Å². The number of unbranched alkanes of at least 4 members (excludes halogenated alkanes) is 1. The Labute approximate surface area is 53.3 Å². The van der Waals surface area contributed by atoms with Crippen molar-refractivity contribution in [1.29, 1.82) is 0 Å². The van der Waals surface area contributed by atoms with Gasteiger partial charge in [0, 0.05) is 0 Å². The summed E-state index contributed by atoms with van der Waals surface area (Å²) in [6.07, 6.45) is 4.50. The average Bonchev–Trinajstić information content (AvgIpc) is 1.41. The number of hydrogen-bond donors (Lipinski definition) is 0. The first-order valence-corrected chi connectivity index (χ1v) is 1.71. The van der Waals surface area contributed by atoms with Crippen LogP contribution in [0.15, 0.2) is 0 Å². The predicted octanol–water partition coefficient (Wildman–Crippen LogP) is -2.43. The van der Waals surface area contributed by atoms with Gasteiger partial charge in [-0.25, -0.2) is 0 Å². The molecule has 0 nitrogen and oxygen atoms in total. The van der Waals surface area contributed by atoms with E-state index < -0.39 is 0 Å². The summed E-state index contributed by atoms with van der Waals surface area (Å²) in [5.41, 5.74) is 0. The van der Waals surface area contributed by atoms with E-state index in [0.29, 0.717) is 0 Å². The third kappa shape index (κ3) is 8.82. The Kier molecular flexibility index (Phi) is 15.0. The molecule has 0 unspecified atom stereocenters. The number of rotatable bonds is 2. The number of hydrogen-bond acceptors (Lipinski definition) is 0. The summed E-state index contributed by atoms with van der Waals surface area (Å²) in [5, 5.41) is 0. The molecule has 0 rings (SSSR count). The van der Waals surface area contributed by atoms with Gasteiger partial charge in [0.25, 0.3) is 0 Å². The SMILES string of the molecule is [BH3-]CCCC.[Li+]. The first-order chi connectivity index (χ1) is 2.41. The van der Waals surface area contributed by atoms with Crippen molar-refractivity contribution >= 4 is 7.85 Å². The van der Waals surface area contributed by atoms with Gasteiger partial charge in [0.2, 0.25) is 0 Å². The molecule has 0 bridgehead atoms. The fraction of sp³-hybridized carbons (Fsp3) is 1.00. The van der Waals surface area contributed by atoms with Gasteiger partial charge in [-0.3, -0.25) is 0 Å². The van der Waals surface area contributed by atoms with Crippen LogP contribution in [0.2, 0.25) is 6.32 Å². The van der Waals surface area contributed by atoms with Crippen LogP contribution < -0.4 is 18.9 Å². The molecule has 0 N–H and O–H groups in total. The molecular weight excluding hydrogens is 65.8 g/mol. The van der Waals surface area contributed by atoms with E-state index in [2.05, 4.69) is 6.92 Å². The minimum atomic E-state index is 0. The quantitative estimate of drug-likeness (QED) is 0.322. The standard InChI is InChI=1S/C4H12B.Li/c1-2-3-4-5;/h2-4H2,1,5H3;/q-1;+1. The Balaban J connectivity index is 0. The molecule has 32 valence electrons. The first kappa shape index (κ1) is 9.83. The minimum Gasteiger partial charge on any atom is -0.187 e. The maximum absolute atomic E-state index is 2.25. The summed E-state index contributed by atoms with van der Waals surface area (Å²) in [4.78, 5) is 0. The van der Waals surface area contributed by atoms with Crippen LogP contribution in [0, 0.1) is 0 Å². The molecule has 0 aliphatic heterocycles. The zero-order chi connectivity index (χ0) is 4.12. The Hall–Kier alpha value is 0.662. The van der Waals surface area contributed by atoms with Gasteiger partial charge < -0.3 is 0 Å². The van der Waals surface area contributed by atoms with Gasteiger partial charge in [0.1, 0.15) is 0 Å². The van der Waals surface area contributed by atoms with Crippen molar-refractivity contribution < 1.29 is 18.9 Å². The van der Waals surface area contributed by atoms with Crippen LogP contribution in [-0.2, 0) is 0 Å². The fourth-order valence-electron chi connectivity index (χ4n) is 0. The summed E-state index contributed by atoms with van der Waals surface area (Å²) in [5.74, 6) is 0. The minimum absolute atomic E-state index is 0. The fourth-order valence-corrected chi connectivity index (χ4v) is 0. The van der Waals surface area contributed by atoms with E-state index >= 15 is 0 Å². The third-order valence-electron chi connectivity index (χ3n) is 0.354. The van der Waals surface area contributed by atoms with Crippen LogP contribution in [0.3, 0.4) is 0 Å². The van der Waals surface area contributed by atoms with Crippen molar-refractivity contribution in [3.05, 3.63) is 0 Å². The Morgan fingerprint density at radius 1 is 1.50 bits per heavy atom. The van der Waals surface area contributed by atoms with Crippen LogP contribution in [0.25, 0.3) is 0 Å². The first-order valence-electron chi connectivity index (χ1n) is 1.71.